The van der Waals surface area contributed by atoms with Gasteiger partial charge < -0.3 is 14.2 Å². The fourth-order valence-electron chi connectivity index (χ4n) is 3.93. The topological polar surface area (TPSA) is 110 Å². The molecule has 3 heterocycles. The van der Waals surface area contributed by atoms with Crippen LogP contribution in [0.2, 0.25) is 0 Å². The lowest BCUT2D eigenvalue weighted by Crippen LogP contribution is -2.11. The Morgan fingerprint density at radius 2 is 2.00 bits per heavy atom. The maximum atomic E-state index is 12.6. The maximum absolute atomic E-state index is 12.6. The van der Waals surface area contributed by atoms with Gasteiger partial charge >= 0.3 is 5.97 Å². The molecule has 1 aliphatic heterocycles. The maximum Gasteiger partial charge on any atom is 0.358 e. The van der Waals surface area contributed by atoms with Crippen LogP contribution in [-0.2, 0) is 17.8 Å². The number of hydrogen-bond donors (Lipinski definition) is 0. The van der Waals surface area contributed by atoms with E-state index in [1.54, 1.807) is 49.3 Å². The summed E-state index contributed by atoms with van der Waals surface area (Å²) in [4.78, 5) is 28.0. The molecule has 172 valence electrons. The molecule has 0 saturated heterocycles. The van der Waals surface area contributed by atoms with Crippen molar-refractivity contribution in [3.63, 3.8) is 0 Å². The van der Waals surface area contributed by atoms with E-state index >= 15 is 0 Å². The van der Waals surface area contributed by atoms with Crippen LogP contribution in [0.3, 0.4) is 0 Å². The van der Waals surface area contributed by atoms with Crippen LogP contribution in [0.15, 0.2) is 48.8 Å². The van der Waals surface area contributed by atoms with E-state index in [-0.39, 0.29) is 18.9 Å². The van der Waals surface area contributed by atoms with Crippen LogP contribution in [0, 0.1) is 0 Å². The minimum Gasteiger partial charge on any atom is -0.497 e. The number of benzene rings is 2. The van der Waals surface area contributed by atoms with Crippen molar-refractivity contribution in [2.45, 2.75) is 20.0 Å². The lowest BCUT2D eigenvalue weighted by Gasteiger charge is -2.11. The number of aldehydes is 1. The number of esters is 1. The lowest BCUT2D eigenvalue weighted by molar-refractivity contribution is 0.0518. The van der Waals surface area contributed by atoms with Crippen molar-refractivity contribution < 1.29 is 23.8 Å². The first kappa shape index (κ1) is 21.4. The monoisotopic (exact) mass is 459 g/mol. The van der Waals surface area contributed by atoms with Crippen molar-refractivity contribution >= 4 is 12.3 Å². The van der Waals surface area contributed by atoms with Crippen molar-refractivity contribution in [2.24, 2.45) is 0 Å². The fourth-order valence-corrected chi connectivity index (χ4v) is 3.93. The van der Waals surface area contributed by atoms with Crippen LogP contribution in [0.4, 0.5) is 0 Å². The highest BCUT2D eigenvalue weighted by Crippen LogP contribution is 2.32. The first-order chi connectivity index (χ1) is 16.6. The van der Waals surface area contributed by atoms with Gasteiger partial charge in [-0.1, -0.05) is 17.3 Å². The quantitative estimate of drug-likeness (QED) is 0.270. The second kappa shape index (κ2) is 8.81. The molecular formula is C24H21N5O5. The Kier molecular flexibility index (Phi) is 5.54. The van der Waals surface area contributed by atoms with Gasteiger partial charge in [-0.15, -0.1) is 5.10 Å². The summed E-state index contributed by atoms with van der Waals surface area (Å²) in [6.07, 6.45) is 2.69. The number of methoxy groups -OCH3 is 1. The van der Waals surface area contributed by atoms with Crippen LogP contribution >= 0.6 is 0 Å². The first-order valence-electron chi connectivity index (χ1n) is 10.7. The van der Waals surface area contributed by atoms with Gasteiger partial charge in [-0.3, -0.25) is 9.36 Å². The molecule has 2 aromatic carbocycles. The standard InChI is InChI=1S/C24H21N5O5/c1-3-33-24(31)23-22-11-20-18(13-34-17-6-4-5-15(9-17)12-30)26-27-29(20)21-10-16(32-2)7-8-19(21)28(22)14-25-23/h4-10,12,14H,3,11,13H2,1-2H3. The number of ether oxygens (including phenoxy) is 3. The molecule has 4 aromatic rings. The summed E-state index contributed by atoms with van der Waals surface area (Å²) < 4.78 is 20.1. The zero-order valence-electron chi connectivity index (χ0n) is 18.6. The third-order valence-corrected chi connectivity index (χ3v) is 5.55. The van der Waals surface area contributed by atoms with Gasteiger partial charge in [-0.05, 0) is 31.2 Å². The van der Waals surface area contributed by atoms with Gasteiger partial charge in [-0.25, -0.2) is 14.5 Å². The number of hydrogen-bond acceptors (Lipinski definition) is 8. The van der Waals surface area contributed by atoms with Crippen molar-refractivity contribution in [1.29, 1.82) is 0 Å². The van der Waals surface area contributed by atoms with Gasteiger partial charge in [0.15, 0.2) is 5.69 Å². The Labute approximate surface area is 194 Å². The van der Waals surface area contributed by atoms with Crippen molar-refractivity contribution in [3.8, 4) is 22.9 Å². The number of carbonyl (C=O) groups is 2. The van der Waals surface area contributed by atoms with E-state index in [4.69, 9.17) is 14.2 Å². The highest BCUT2D eigenvalue weighted by Gasteiger charge is 2.29. The lowest BCUT2D eigenvalue weighted by atomic mass is 10.1. The highest BCUT2D eigenvalue weighted by atomic mass is 16.5. The molecule has 2 aromatic heterocycles. The van der Waals surface area contributed by atoms with E-state index in [9.17, 15) is 9.59 Å². The minimum atomic E-state index is -0.490. The van der Waals surface area contributed by atoms with E-state index in [1.807, 2.05) is 22.8 Å². The molecule has 5 rings (SSSR count). The van der Waals surface area contributed by atoms with Crippen molar-refractivity contribution in [2.75, 3.05) is 13.7 Å². The largest absolute Gasteiger partial charge is 0.497 e. The molecule has 10 nitrogen and oxygen atoms in total. The van der Waals surface area contributed by atoms with Gasteiger partial charge in [0.2, 0.25) is 0 Å². The highest BCUT2D eigenvalue weighted by molar-refractivity contribution is 5.89. The number of aromatic nitrogens is 5. The van der Waals surface area contributed by atoms with Crippen LogP contribution < -0.4 is 9.47 Å². The molecule has 0 atom stereocenters. The molecule has 10 heteroatoms. The SMILES string of the molecule is CCOC(=O)c1ncn2c1Cc1c(COc3cccc(C=O)c3)nnn1-c1cc(OC)ccc1-2. The van der Waals surface area contributed by atoms with E-state index in [1.165, 1.54) is 0 Å². The summed E-state index contributed by atoms with van der Waals surface area (Å²) in [7, 11) is 1.59. The molecule has 0 spiro atoms. The van der Waals surface area contributed by atoms with E-state index in [0.717, 1.165) is 23.4 Å². The van der Waals surface area contributed by atoms with Crippen LogP contribution in [0.1, 0.15) is 44.9 Å². The molecule has 0 aliphatic carbocycles. The fraction of sp³-hybridized carbons (Fsp3) is 0.208. The second-order valence-corrected chi connectivity index (χ2v) is 7.54. The Balaban J connectivity index is 1.59. The smallest absolute Gasteiger partial charge is 0.358 e. The third kappa shape index (κ3) is 3.68. The first-order valence-corrected chi connectivity index (χ1v) is 10.7. The summed E-state index contributed by atoms with van der Waals surface area (Å²) in [5.74, 6) is 0.702. The summed E-state index contributed by atoms with van der Waals surface area (Å²) >= 11 is 0. The number of carbonyl (C=O) groups excluding carboxylic acids is 2. The molecular weight excluding hydrogens is 438 g/mol. The Bertz CT molecular complexity index is 1390. The predicted octanol–water partition coefficient (Wildman–Crippen LogP) is 2.93. The predicted molar refractivity (Wildman–Crippen MR) is 120 cm³/mol. The Morgan fingerprint density at radius 3 is 2.79 bits per heavy atom. The molecule has 0 fully saturated rings. The van der Waals surface area contributed by atoms with E-state index < -0.39 is 5.97 Å². The molecule has 0 unspecified atom stereocenters. The minimum absolute atomic E-state index is 0.125. The number of fused-ring (bicyclic) bond motifs is 5. The van der Waals surface area contributed by atoms with E-state index in [0.29, 0.717) is 34.9 Å². The zero-order valence-corrected chi connectivity index (χ0v) is 18.6. The third-order valence-electron chi connectivity index (χ3n) is 5.55. The second-order valence-electron chi connectivity index (χ2n) is 7.54. The van der Waals surface area contributed by atoms with Gasteiger partial charge in [0, 0.05) is 18.1 Å². The molecule has 0 radical (unpaired) electrons. The van der Waals surface area contributed by atoms with Gasteiger partial charge in [0.1, 0.15) is 36.4 Å². The number of imidazole rings is 1. The average molecular weight is 459 g/mol. The molecule has 0 saturated carbocycles. The van der Waals surface area contributed by atoms with Crippen molar-refractivity contribution in [1.82, 2.24) is 24.5 Å². The van der Waals surface area contributed by atoms with E-state index in [2.05, 4.69) is 15.3 Å². The zero-order chi connectivity index (χ0) is 23.7. The Morgan fingerprint density at radius 1 is 1.12 bits per heavy atom. The molecule has 0 amide bonds. The molecule has 1 aliphatic rings. The summed E-state index contributed by atoms with van der Waals surface area (Å²) in [6, 6.07) is 12.4. The van der Waals surface area contributed by atoms with Crippen LogP contribution in [0.5, 0.6) is 11.5 Å². The van der Waals surface area contributed by atoms with Gasteiger partial charge in [0.25, 0.3) is 0 Å². The Hall–Kier alpha value is -4.47. The van der Waals surface area contributed by atoms with Gasteiger partial charge in [-0.2, -0.15) is 0 Å². The number of rotatable bonds is 7. The molecule has 34 heavy (non-hydrogen) atoms. The normalized spacial score (nSPS) is 11.6. The van der Waals surface area contributed by atoms with Crippen LogP contribution in [-0.4, -0.2) is 50.5 Å². The van der Waals surface area contributed by atoms with Crippen molar-refractivity contribution in [3.05, 3.63) is 77.1 Å². The van der Waals surface area contributed by atoms with Gasteiger partial charge in [0.05, 0.1) is 36.5 Å². The average Bonchev–Trinajstić information content (AvgIpc) is 3.44. The summed E-state index contributed by atoms with van der Waals surface area (Å²) in [5.41, 5.74) is 4.25. The van der Waals surface area contributed by atoms with Crippen LogP contribution in [0.25, 0.3) is 11.4 Å². The summed E-state index contributed by atoms with van der Waals surface area (Å²) in [5, 5.41) is 8.73. The summed E-state index contributed by atoms with van der Waals surface area (Å²) in [6.45, 7) is 2.12. The number of nitrogens with zero attached hydrogens (tertiary/aromatic N) is 5. The molecule has 0 N–H and O–H groups in total. The molecule has 0 bridgehead atoms.